The zero-order chi connectivity index (χ0) is 11.6. The maximum atomic E-state index is 4.37. The second-order valence-electron chi connectivity index (χ2n) is 4.01. The van der Waals surface area contributed by atoms with E-state index in [2.05, 4.69) is 53.9 Å². The third-order valence-electron chi connectivity index (χ3n) is 2.17. The van der Waals surface area contributed by atoms with Gasteiger partial charge in [0.1, 0.15) is 4.62 Å². The van der Waals surface area contributed by atoms with Crippen molar-refractivity contribution in [2.45, 2.75) is 20.8 Å². The summed E-state index contributed by atoms with van der Waals surface area (Å²) < 4.78 is 0.891. The van der Waals surface area contributed by atoms with Crippen LogP contribution >= 0.6 is 15.9 Å². The topological polar surface area (TPSA) is 15.6 Å². The molecule has 0 saturated heterocycles. The van der Waals surface area contributed by atoms with Gasteiger partial charge in [0, 0.05) is 19.7 Å². The Bertz CT molecular complexity index is 372. The molecule has 0 fully saturated rings. The fraction of sp³-hybridized carbons (Fsp3) is 0.417. The minimum atomic E-state index is 0.891. The predicted octanol–water partition coefficient (Wildman–Crippen LogP) is 3.23. The molecular formula is C12H17BrN2. The van der Waals surface area contributed by atoms with E-state index in [0.717, 1.165) is 4.62 Å². The van der Waals surface area contributed by atoms with Crippen molar-refractivity contribution in [2.75, 3.05) is 14.1 Å². The first-order valence-electron chi connectivity index (χ1n) is 4.91. The minimum absolute atomic E-state index is 0.891. The van der Waals surface area contributed by atoms with Crippen LogP contribution in [0.2, 0.25) is 0 Å². The minimum Gasteiger partial charge on any atom is -0.302 e. The van der Waals surface area contributed by atoms with E-state index in [9.17, 15) is 0 Å². The Kier molecular flexibility index (Phi) is 3.91. The Morgan fingerprint density at radius 1 is 1.13 bits per heavy atom. The van der Waals surface area contributed by atoms with Gasteiger partial charge < -0.3 is 5.01 Å². The van der Waals surface area contributed by atoms with Gasteiger partial charge in [0.2, 0.25) is 0 Å². The highest BCUT2D eigenvalue weighted by molar-refractivity contribution is 9.18. The first kappa shape index (κ1) is 12.2. The van der Waals surface area contributed by atoms with Crippen molar-refractivity contribution < 1.29 is 0 Å². The second kappa shape index (κ2) is 4.79. The van der Waals surface area contributed by atoms with Crippen molar-refractivity contribution in [1.29, 1.82) is 0 Å². The zero-order valence-corrected chi connectivity index (χ0v) is 11.5. The number of hydrogen-bond donors (Lipinski definition) is 0. The van der Waals surface area contributed by atoms with Gasteiger partial charge in [0.25, 0.3) is 0 Å². The highest BCUT2D eigenvalue weighted by Gasteiger charge is 2.08. The average Bonchev–Trinajstić information content (AvgIpc) is 1.99. The maximum absolute atomic E-state index is 4.37. The van der Waals surface area contributed by atoms with Crippen molar-refractivity contribution in [3.63, 3.8) is 0 Å². The molecule has 0 aliphatic heterocycles. The molecule has 0 atom stereocenters. The molecule has 1 aromatic carbocycles. The molecule has 0 spiro atoms. The van der Waals surface area contributed by atoms with E-state index in [0.29, 0.717) is 0 Å². The molecule has 0 amide bonds. The Labute approximate surface area is 100 Å². The van der Waals surface area contributed by atoms with Gasteiger partial charge in [-0.15, -0.1) is 0 Å². The molecule has 82 valence electrons. The summed E-state index contributed by atoms with van der Waals surface area (Å²) >= 11 is 3.52. The summed E-state index contributed by atoms with van der Waals surface area (Å²) in [5, 5.41) is 6.16. The SMILES string of the molecule is Cc1cc(C)c(/C(Br)=N/N(C)C)c(C)c1. The van der Waals surface area contributed by atoms with Crippen LogP contribution in [0.15, 0.2) is 17.2 Å². The van der Waals surface area contributed by atoms with Crippen LogP contribution in [-0.4, -0.2) is 23.7 Å². The summed E-state index contributed by atoms with van der Waals surface area (Å²) in [5.41, 5.74) is 4.99. The molecule has 0 aliphatic carbocycles. The first-order valence-corrected chi connectivity index (χ1v) is 5.70. The van der Waals surface area contributed by atoms with Crippen LogP contribution in [0.4, 0.5) is 0 Å². The smallest absolute Gasteiger partial charge is 0.133 e. The van der Waals surface area contributed by atoms with Crippen molar-refractivity contribution in [3.05, 3.63) is 34.4 Å². The third-order valence-corrected chi connectivity index (χ3v) is 2.73. The molecule has 0 saturated carbocycles. The molecule has 15 heavy (non-hydrogen) atoms. The maximum Gasteiger partial charge on any atom is 0.133 e. The lowest BCUT2D eigenvalue weighted by atomic mass is 10.0. The molecule has 0 aliphatic rings. The van der Waals surface area contributed by atoms with Gasteiger partial charge in [-0.05, 0) is 47.8 Å². The van der Waals surface area contributed by atoms with E-state index in [1.807, 2.05) is 14.1 Å². The molecule has 3 heteroatoms. The summed E-state index contributed by atoms with van der Waals surface area (Å²) in [5.74, 6) is 0. The van der Waals surface area contributed by atoms with Gasteiger partial charge in [-0.25, -0.2) is 0 Å². The molecule has 0 bridgehead atoms. The summed E-state index contributed by atoms with van der Waals surface area (Å²) in [7, 11) is 3.83. The molecule has 0 aromatic heterocycles. The van der Waals surface area contributed by atoms with E-state index in [-0.39, 0.29) is 0 Å². The predicted molar refractivity (Wildman–Crippen MR) is 69.8 cm³/mol. The number of halogens is 1. The molecule has 1 aromatic rings. The molecule has 0 N–H and O–H groups in total. The zero-order valence-electron chi connectivity index (χ0n) is 9.93. The van der Waals surface area contributed by atoms with E-state index in [1.165, 1.54) is 22.3 Å². The molecule has 2 nitrogen and oxygen atoms in total. The lowest BCUT2D eigenvalue weighted by molar-refractivity contribution is 0.440. The fourth-order valence-corrected chi connectivity index (χ4v) is 2.67. The lowest BCUT2D eigenvalue weighted by Crippen LogP contribution is -2.08. The van der Waals surface area contributed by atoms with Gasteiger partial charge in [-0.2, -0.15) is 5.10 Å². The number of nitrogens with zero attached hydrogens (tertiary/aromatic N) is 2. The first-order chi connectivity index (χ1) is 6.91. The summed E-state index contributed by atoms with van der Waals surface area (Å²) in [6.45, 7) is 6.34. The lowest BCUT2D eigenvalue weighted by Gasteiger charge is -2.12. The molecule has 0 unspecified atom stereocenters. The van der Waals surface area contributed by atoms with Crippen LogP contribution in [0.1, 0.15) is 22.3 Å². The molecular weight excluding hydrogens is 252 g/mol. The van der Waals surface area contributed by atoms with Crippen LogP contribution in [0, 0.1) is 20.8 Å². The number of rotatable bonds is 2. The normalized spacial score (nSPS) is 11.7. The number of hydrazone groups is 1. The Morgan fingerprint density at radius 2 is 1.60 bits per heavy atom. The van der Waals surface area contributed by atoms with Crippen LogP contribution in [0.5, 0.6) is 0 Å². The highest BCUT2D eigenvalue weighted by Crippen LogP contribution is 2.20. The van der Waals surface area contributed by atoms with E-state index in [4.69, 9.17) is 0 Å². The molecule has 0 heterocycles. The van der Waals surface area contributed by atoms with Crippen LogP contribution in [0.3, 0.4) is 0 Å². The Morgan fingerprint density at radius 3 is 2.00 bits per heavy atom. The van der Waals surface area contributed by atoms with Crippen molar-refractivity contribution in [3.8, 4) is 0 Å². The van der Waals surface area contributed by atoms with Crippen LogP contribution in [0.25, 0.3) is 0 Å². The number of hydrogen-bond acceptors (Lipinski definition) is 2. The van der Waals surface area contributed by atoms with Crippen LogP contribution < -0.4 is 0 Å². The van der Waals surface area contributed by atoms with Crippen LogP contribution in [-0.2, 0) is 0 Å². The highest BCUT2D eigenvalue weighted by atomic mass is 79.9. The van der Waals surface area contributed by atoms with E-state index < -0.39 is 0 Å². The molecule has 1 rings (SSSR count). The number of aryl methyl sites for hydroxylation is 3. The van der Waals surface area contributed by atoms with E-state index in [1.54, 1.807) is 5.01 Å². The van der Waals surface area contributed by atoms with Crippen molar-refractivity contribution in [2.24, 2.45) is 5.10 Å². The van der Waals surface area contributed by atoms with Gasteiger partial charge in [0.05, 0.1) is 0 Å². The monoisotopic (exact) mass is 268 g/mol. The summed E-state index contributed by atoms with van der Waals surface area (Å²) in [6, 6.07) is 4.35. The average molecular weight is 269 g/mol. The van der Waals surface area contributed by atoms with Gasteiger partial charge in [-0.1, -0.05) is 17.7 Å². The second-order valence-corrected chi connectivity index (χ2v) is 4.76. The van der Waals surface area contributed by atoms with E-state index >= 15 is 0 Å². The third kappa shape index (κ3) is 3.06. The van der Waals surface area contributed by atoms with Crippen molar-refractivity contribution >= 4 is 20.6 Å². The Hall–Kier alpha value is -0.830. The molecule has 0 radical (unpaired) electrons. The van der Waals surface area contributed by atoms with Gasteiger partial charge in [-0.3, -0.25) is 0 Å². The summed E-state index contributed by atoms with van der Waals surface area (Å²) in [6.07, 6.45) is 0. The Balaban J connectivity index is 3.26. The van der Waals surface area contributed by atoms with Gasteiger partial charge in [0.15, 0.2) is 0 Å². The van der Waals surface area contributed by atoms with Gasteiger partial charge >= 0.3 is 0 Å². The number of benzene rings is 1. The fourth-order valence-electron chi connectivity index (χ4n) is 1.73. The summed E-state index contributed by atoms with van der Waals surface area (Å²) in [4.78, 5) is 0. The largest absolute Gasteiger partial charge is 0.302 e. The van der Waals surface area contributed by atoms with Crippen molar-refractivity contribution in [1.82, 2.24) is 5.01 Å². The quantitative estimate of drug-likeness (QED) is 0.594. The standard InChI is InChI=1S/C12H17BrN2/c1-8-6-9(2)11(10(3)7-8)12(13)14-15(4)5/h6-7H,1-5H3/b14-12-.